The number of aryl methyl sites for hydroxylation is 3. The predicted octanol–water partition coefficient (Wildman–Crippen LogP) is 3.04. The number of fused-ring (bicyclic) bond motifs is 1. The summed E-state index contributed by atoms with van der Waals surface area (Å²) in [5.74, 6) is -0.752. The summed E-state index contributed by atoms with van der Waals surface area (Å²) in [5, 5.41) is 10.0. The van der Waals surface area contributed by atoms with Gasteiger partial charge in [0.1, 0.15) is 0 Å². The van der Waals surface area contributed by atoms with E-state index in [1.165, 1.54) is 22.0 Å². The number of aromatic nitrogens is 1. The number of rotatable bonds is 3. The zero-order chi connectivity index (χ0) is 12.6. The van der Waals surface area contributed by atoms with Crippen molar-refractivity contribution in [3.63, 3.8) is 0 Å². The molecule has 0 aliphatic heterocycles. The molecule has 2 aromatic rings. The van der Waals surface area contributed by atoms with Crippen LogP contribution in [0.4, 0.5) is 0 Å². The number of aliphatic carboxylic acids is 1. The van der Waals surface area contributed by atoms with Crippen LogP contribution >= 0.6 is 0 Å². The van der Waals surface area contributed by atoms with Crippen LogP contribution in [-0.2, 0) is 11.3 Å². The van der Waals surface area contributed by atoms with Crippen molar-refractivity contribution in [2.24, 2.45) is 0 Å². The van der Waals surface area contributed by atoms with Crippen molar-refractivity contribution in [3.05, 3.63) is 35.0 Å². The van der Waals surface area contributed by atoms with Crippen LogP contribution in [0.1, 0.15) is 23.2 Å². The number of benzene rings is 1. The first-order chi connectivity index (χ1) is 8.02. The molecule has 0 fully saturated rings. The molecule has 3 heteroatoms. The number of carboxylic acid groups (broad SMARTS) is 1. The third kappa shape index (κ3) is 1.93. The van der Waals surface area contributed by atoms with E-state index in [2.05, 4.69) is 37.5 Å². The lowest BCUT2D eigenvalue weighted by molar-refractivity contribution is -0.137. The lowest BCUT2D eigenvalue weighted by Gasteiger charge is -2.08. The highest BCUT2D eigenvalue weighted by atomic mass is 16.4. The van der Waals surface area contributed by atoms with Crippen LogP contribution in [0.2, 0.25) is 0 Å². The first-order valence-corrected chi connectivity index (χ1v) is 5.79. The van der Waals surface area contributed by atoms with Gasteiger partial charge in [-0.15, -0.1) is 0 Å². The Morgan fingerprint density at radius 1 is 1.29 bits per heavy atom. The topological polar surface area (TPSA) is 42.2 Å². The van der Waals surface area contributed by atoms with E-state index in [-0.39, 0.29) is 6.42 Å². The molecule has 0 aliphatic rings. The summed E-state index contributed by atoms with van der Waals surface area (Å²) in [6, 6.07) is 6.21. The Kier molecular flexibility index (Phi) is 2.92. The molecule has 0 saturated heterocycles. The van der Waals surface area contributed by atoms with Gasteiger partial charge in [-0.25, -0.2) is 0 Å². The summed E-state index contributed by atoms with van der Waals surface area (Å²) in [7, 11) is 0. The van der Waals surface area contributed by atoms with Gasteiger partial charge >= 0.3 is 5.97 Å². The number of carboxylic acids is 1. The number of carbonyl (C=O) groups is 1. The molecule has 90 valence electrons. The van der Waals surface area contributed by atoms with Gasteiger partial charge in [0.15, 0.2) is 0 Å². The molecule has 1 heterocycles. The molecule has 2 rings (SSSR count). The summed E-state index contributed by atoms with van der Waals surface area (Å²) >= 11 is 0. The molecule has 1 N–H and O–H groups in total. The van der Waals surface area contributed by atoms with Crippen molar-refractivity contribution in [2.45, 2.75) is 33.7 Å². The highest BCUT2D eigenvalue weighted by Gasteiger charge is 2.12. The Hall–Kier alpha value is -1.77. The van der Waals surface area contributed by atoms with Crippen molar-refractivity contribution >= 4 is 16.9 Å². The van der Waals surface area contributed by atoms with Gasteiger partial charge in [0.2, 0.25) is 0 Å². The monoisotopic (exact) mass is 231 g/mol. The van der Waals surface area contributed by atoms with E-state index in [9.17, 15) is 4.79 Å². The molecule has 0 amide bonds. The van der Waals surface area contributed by atoms with Crippen LogP contribution < -0.4 is 0 Å². The predicted molar refractivity (Wildman–Crippen MR) is 68.4 cm³/mol. The summed E-state index contributed by atoms with van der Waals surface area (Å²) in [6.07, 6.45) is 0.165. The first kappa shape index (κ1) is 11.7. The summed E-state index contributed by atoms with van der Waals surface area (Å²) in [6.45, 7) is 6.75. The quantitative estimate of drug-likeness (QED) is 0.882. The van der Waals surface area contributed by atoms with Crippen molar-refractivity contribution in [2.75, 3.05) is 0 Å². The van der Waals surface area contributed by atoms with Crippen molar-refractivity contribution in [3.8, 4) is 0 Å². The lowest BCUT2D eigenvalue weighted by Crippen LogP contribution is -2.06. The van der Waals surface area contributed by atoms with Crippen LogP contribution in [0.25, 0.3) is 10.9 Å². The zero-order valence-corrected chi connectivity index (χ0v) is 10.4. The highest BCUT2D eigenvalue weighted by molar-refractivity contribution is 5.88. The summed E-state index contributed by atoms with van der Waals surface area (Å²) < 4.78 is 2.12. The average Bonchev–Trinajstić information content (AvgIpc) is 2.52. The van der Waals surface area contributed by atoms with Gasteiger partial charge in [-0.05, 0) is 31.9 Å². The standard InChI is InChI=1S/C14H17NO2/c1-9-5-4-6-12-10(2)11(3)15(14(9)12)8-7-13(16)17/h4-6H,7-8H2,1-3H3,(H,16,17). The van der Waals surface area contributed by atoms with Gasteiger partial charge in [-0.2, -0.15) is 0 Å². The Balaban J connectivity index is 2.60. The van der Waals surface area contributed by atoms with Gasteiger partial charge in [0.05, 0.1) is 11.9 Å². The van der Waals surface area contributed by atoms with Crippen molar-refractivity contribution in [1.29, 1.82) is 0 Å². The van der Waals surface area contributed by atoms with E-state index >= 15 is 0 Å². The van der Waals surface area contributed by atoms with Gasteiger partial charge in [0, 0.05) is 17.6 Å². The second kappa shape index (κ2) is 4.24. The van der Waals surface area contributed by atoms with E-state index in [0.29, 0.717) is 6.54 Å². The van der Waals surface area contributed by atoms with E-state index in [1.54, 1.807) is 0 Å². The minimum atomic E-state index is -0.752. The lowest BCUT2D eigenvalue weighted by atomic mass is 10.1. The average molecular weight is 231 g/mol. The van der Waals surface area contributed by atoms with E-state index in [4.69, 9.17) is 5.11 Å². The molecule has 0 unspecified atom stereocenters. The molecule has 0 bridgehead atoms. The SMILES string of the molecule is Cc1c(C)n(CCC(=O)O)c2c(C)cccc12. The van der Waals surface area contributed by atoms with E-state index in [0.717, 1.165) is 5.69 Å². The fraction of sp³-hybridized carbons (Fsp3) is 0.357. The smallest absolute Gasteiger partial charge is 0.305 e. The molecule has 1 aromatic heterocycles. The number of nitrogens with zero attached hydrogens (tertiary/aromatic N) is 1. The maximum atomic E-state index is 10.7. The molecule has 0 atom stereocenters. The zero-order valence-electron chi connectivity index (χ0n) is 10.4. The molecule has 0 aliphatic carbocycles. The Morgan fingerprint density at radius 3 is 2.65 bits per heavy atom. The normalized spacial score (nSPS) is 11.0. The molecule has 1 aromatic carbocycles. The molecule has 0 spiro atoms. The maximum absolute atomic E-state index is 10.7. The van der Waals surface area contributed by atoms with E-state index < -0.39 is 5.97 Å². The van der Waals surface area contributed by atoms with Crippen molar-refractivity contribution in [1.82, 2.24) is 4.57 Å². The van der Waals surface area contributed by atoms with Crippen LogP contribution in [-0.4, -0.2) is 15.6 Å². The molecule has 3 nitrogen and oxygen atoms in total. The third-order valence-corrected chi connectivity index (χ3v) is 3.41. The van der Waals surface area contributed by atoms with Crippen molar-refractivity contribution < 1.29 is 9.90 Å². The summed E-state index contributed by atoms with van der Waals surface area (Å²) in [4.78, 5) is 10.7. The Labute approximate surface area is 101 Å². The minimum Gasteiger partial charge on any atom is -0.481 e. The molecular weight excluding hydrogens is 214 g/mol. The minimum absolute atomic E-state index is 0.165. The van der Waals surface area contributed by atoms with Crippen LogP contribution in [0.15, 0.2) is 18.2 Å². The fourth-order valence-electron chi connectivity index (χ4n) is 2.37. The second-order valence-corrected chi connectivity index (χ2v) is 4.48. The number of hydrogen-bond acceptors (Lipinski definition) is 1. The molecular formula is C14H17NO2. The van der Waals surface area contributed by atoms with Crippen LogP contribution in [0.5, 0.6) is 0 Å². The second-order valence-electron chi connectivity index (χ2n) is 4.48. The summed E-state index contributed by atoms with van der Waals surface area (Å²) in [5.41, 5.74) is 4.78. The number of para-hydroxylation sites is 1. The van der Waals surface area contributed by atoms with Gasteiger partial charge < -0.3 is 9.67 Å². The van der Waals surface area contributed by atoms with Gasteiger partial charge in [-0.3, -0.25) is 4.79 Å². The third-order valence-electron chi connectivity index (χ3n) is 3.41. The fourth-order valence-corrected chi connectivity index (χ4v) is 2.37. The Bertz CT molecular complexity index is 581. The van der Waals surface area contributed by atoms with Crippen LogP contribution in [0, 0.1) is 20.8 Å². The highest BCUT2D eigenvalue weighted by Crippen LogP contribution is 2.27. The largest absolute Gasteiger partial charge is 0.481 e. The van der Waals surface area contributed by atoms with Gasteiger partial charge in [0.25, 0.3) is 0 Å². The maximum Gasteiger partial charge on any atom is 0.305 e. The van der Waals surface area contributed by atoms with E-state index in [1.807, 2.05) is 6.07 Å². The molecule has 0 radical (unpaired) electrons. The van der Waals surface area contributed by atoms with Crippen LogP contribution in [0.3, 0.4) is 0 Å². The molecule has 17 heavy (non-hydrogen) atoms. The van der Waals surface area contributed by atoms with Gasteiger partial charge in [-0.1, -0.05) is 18.2 Å². The Morgan fingerprint density at radius 2 is 2.00 bits per heavy atom. The molecule has 0 saturated carbocycles. The number of hydrogen-bond donors (Lipinski definition) is 1. The first-order valence-electron chi connectivity index (χ1n) is 5.79.